The SMILES string of the molecule is COc1ccc(-c2cc(=O)[nH]c(=O)n2-c2ccc(S(C)(=O)=O)cc2)cc1C. The molecule has 0 saturated heterocycles. The molecule has 0 bridgehead atoms. The van der Waals surface area contributed by atoms with Crippen molar-refractivity contribution in [2.24, 2.45) is 0 Å². The van der Waals surface area contributed by atoms with Crippen LogP contribution in [0.2, 0.25) is 0 Å². The van der Waals surface area contributed by atoms with Crippen molar-refractivity contribution in [2.45, 2.75) is 11.8 Å². The maximum atomic E-state index is 12.5. The predicted molar refractivity (Wildman–Crippen MR) is 102 cm³/mol. The number of sulfone groups is 1. The molecule has 140 valence electrons. The third kappa shape index (κ3) is 3.70. The number of ether oxygens (including phenoxy) is 1. The fourth-order valence-corrected chi connectivity index (χ4v) is 3.47. The van der Waals surface area contributed by atoms with E-state index in [1.165, 1.54) is 34.9 Å². The van der Waals surface area contributed by atoms with E-state index in [1.807, 2.05) is 13.0 Å². The van der Waals surface area contributed by atoms with Crippen LogP contribution in [0.5, 0.6) is 5.75 Å². The average molecular weight is 386 g/mol. The second-order valence-electron chi connectivity index (χ2n) is 6.11. The van der Waals surface area contributed by atoms with Crippen molar-refractivity contribution in [3.63, 3.8) is 0 Å². The Hall–Kier alpha value is -3.13. The summed E-state index contributed by atoms with van der Waals surface area (Å²) >= 11 is 0. The minimum Gasteiger partial charge on any atom is -0.496 e. The third-order valence-electron chi connectivity index (χ3n) is 4.16. The molecule has 0 fully saturated rings. The fourth-order valence-electron chi connectivity index (χ4n) is 2.84. The van der Waals surface area contributed by atoms with E-state index in [0.29, 0.717) is 22.7 Å². The molecule has 1 aromatic heterocycles. The molecule has 0 radical (unpaired) electrons. The number of aromatic nitrogens is 2. The second-order valence-corrected chi connectivity index (χ2v) is 8.13. The summed E-state index contributed by atoms with van der Waals surface area (Å²) in [6.07, 6.45) is 1.11. The number of rotatable bonds is 4. The number of nitrogens with one attached hydrogen (secondary N) is 1. The highest BCUT2D eigenvalue weighted by atomic mass is 32.2. The van der Waals surface area contributed by atoms with Gasteiger partial charge in [0.25, 0.3) is 5.56 Å². The van der Waals surface area contributed by atoms with Crippen molar-refractivity contribution >= 4 is 9.84 Å². The number of aromatic amines is 1. The topological polar surface area (TPSA) is 98.2 Å². The van der Waals surface area contributed by atoms with Gasteiger partial charge in [0.2, 0.25) is 0 Å². The quantitative estimate of drug-likeness (QED) is 0.739. The lowest BCUT2D eigenvalue weighted by Crippen LogP contribution is -2.29. The summed E-state index contributed by atoms with van der Waals surface area (Å²) in [4.78, 5) is 26.8. The van der Waals surface area contributed by atoms with E-state index in [2.05, 4.69) is 4.98 Å². The number of benzene rings is 2. The molecular weight excluding hydrogens is 368 g/mol. The summed E-state index contributed by atoms with van der Waals surface area (Å²) in [5.41, 5.74) is 1.20. The summed E-state index contributed by atoms with van der Waals surface area (Å²) < 4.78 is 29.9. The van der Waals surface area contributed by atoms with Crippen LogP contribution in [0, 0.1) is 6.92 Å². The lowest BCUT2D eigenvalue weighted by molar-refractivity contribution is 0.412. The molecule has 0 aliphatic heterocycles. The highest BCUT2D eigenvalue weighted by molar-refractivity contribution is 7.90. The molecular formula is C19H18N2O5S. The van der Waals surface area contributed by atoms with Gasteiger partial charge in [-0.1, -0.05) is 0 Å². The van der Waals surface area contributed by atoms with E-state index in [4.69, 9.17) is 4.74 Å². The molecule has 2 aromatic carbocycles. The van der Waals surface area contributed by atoms with Gasteiger partial charge in [-0.3, -0.25) is 14.3 Å². The van der Waals surface area contributed by atoms with Crippen LogP contribution in [0.25, 0.3) is 16.9 Å². The van der Waals surface area contributed by atoms with Crippen LogP contribution >= 0.6 is 0 Å². The van der Waals surface area contributed by atoms with Crippen LogP contribution < -0.4 is 16.0 Å². The van der Waals surface area contributed by atoms with Crippen molar-refractivity contribution in [1.29, 1.82) is 0 Å². The minimum absolute atomic E-state index is 0.144. The molecule has 27 heavy (non-hydrogen) atoms. The third-order valence-corrected chi connectivity index (χ3v) is 5.28. The average Bonchev–Trinajstić information content (AvgIpc) is 2.60. The molecule has 0 atom stereocenters. The highest BCUT2D eigenvalue weighted by Gasteiger charge is 2.13. The molecule has 1 heterocycles. The lowest BCUT2D eigenvalue weighted by atomic mass is 10.1. The van der Waals surface area contributed by atoms with Gasteiger partial charge >= 0.3 is 5.69 Å². The molecule has 8 heteroatoms. The highest BCUT2D eigenvalue weighted by Crippen LogP contribution is 2.26. The molecule has 7 nitrogen and oxygen atoms in total. The van der Waals surface area contributed by atoms with Crippen molar-refractivity contribution < 1.29 is 13.2 Å². The number of H-pyrrole nitrogens is 1. The van der Waals surface area contributed by atoms with Crippen molar-refractivity contribution in [2.75, 3.05) is 13.4 Å². The van der Waals surface area contributed by atoms with Crippen molar-refractivity contribution in [3.8, 4) is 22.7 Å². The number of hydrogen-bond acceptors (Lipinski definition) is 5. The van der Waals surface area contributed by atoms with Crippen LogP contribution in [0.15, 0.2) is 63.0 Å². The zero-order valence-corrected chi connectivity index (χ0v) is 15.8. The summed E-state index contributed by atoms with van der Waals surface area (Å²) in [7, 11) is -1.79. The lowest BCUT2D eigenvalue weighted by Gasteiger charge is -2.14. The molecule has 0 saturated carbocycles. The van der Waals surface area contributed by atoms with E-state index in [9.17, 15) is 18.0 Å². The molecule has 0 aliphatic carbocycles. The summed E-state index contributed by atoms with van der Waals surface area (Å²) in [6, 6.07) is 12.5. The Labute approximate surface area is 155 Å². The van der Waals surface area contributed by atoms with E-state index in [-0.39, 0.29) is 4.90 Å². The first kappa shape index (κ1) is 18.7. The number of hydrogen-bond donors (Lipinski definition) is 1. The zero-order chi connectivity index (χ0) is 19.8. The predicted octanol–water partition coefficient (Wildman–Crippen LogP) is 1.91. The van der Waals surface area contributed by atoms with Crippen molar-refractivity contribution in [1.82, 2.24) is 9.55 Å². The van der Waals surface area contributed by atoms with Gasteiger partial charge in [-0.05, 0) is 60.5 Å². The Morgan fingerprint density at radius 3 is 2.22 bits per heavy atom. The van der Waals surface area contributed by atoms with E-state index < -0.39 is 21.1 Å². The first-order chi connectivity index (χ1) is 12.7. The van der Waals surface area contributed by atoms with Gasteiger partial charge in [-0.2, -0.15) is 0 Å². The van der Waals surface area contributed by atoms with Crippen molar-refractivity contribution in [3.05, 3.63) is 74.9 Å². The van der Waals surface area contributed by atoms with Crippen LogP contribution in [-0.4, -0.2) is 31.3 Å². The van der Waals surface area contributed by atoms with E-state index >= 15 is 0 Å². The molecule has 3 aromatic rings. The monoisotopic (exact) mass is 386 g/mol. The normalized spacial score (nSPS) is 11.4. The maximum Gasteiger partial charge on any atom is 0.333 e. The van der Waals surface area contributed by atoms with Crippen LogP contribution in [0.3, 0.4) is 0 Å². The Morgan fingerprint density at radius 1 is 1.00 bits per heavy atom. The Balaban J connectivity index is 2.24. The van der Waals surface area contributed by atoms with Gasteiger partial charge < -0.3 is 4.74 Å². The summed E-state index contributed by atoms with van der Waals surface area (Å²) in [5.74, 6) is 0.690. The Kier molecular flexibility index (Phi) is 4.75. The number of aryl methyl sites for hydroxylation is 1. The van der Waals surface area contributed by atoms with Gasteiger partial charge in [-0.15, -0.1) is 0 Å². The van der Waals surface area contributed by atoms with Crippen LogP contribution in [0.1, 0.15) is 5.56 Å². The standard InChI is InChI=1S/C19H18N2O5S/c1-12-10-13(4-9-17(12)26-2)16-11-18(22)20-19(23)21(16)14-5-7-15(8-6-14)27(3,24)25/h4-11H,1-3H3,(H,20,22,23). The molecule has 0 spiro atoms. The number of nitrogens with zero attached hydrogens (tertiary/aromatic N) is 1. The van der Waals surface area contributed by atoms with Crippen LogP contribution in [0.4, 0.5) is 0 Å². The van der Waals surface area contributed by atoms with Gasteiger partial charge in [0.1, 0.15) is 5.75 Å². The minimum atomic E-state index is -3.35. The van der Waals surface area contributed by atoms with Gasteiger partial charge in [-0.25, -0.2) is 13.2 Å². The smallest absolute Gasteiger partial charge is 0.333 e. The molecule has 0 aliphatic rings. The summed E-state index contributed by atoms with van der Waals surface area (Å²) in [5, 5.41) is 0. The molecule has 0 amide bonds. The first-order valence-electron chi connectivity index (χ1n) is 8.02. The molecule has 1 N–H and O–H groups in total. The Morgan fingerprint density at radius 2 is 1.67 bits per heavy atom. The first-order valence-corrected chi connectivity index (χ1v) is 9.92. The molecule has 0 unspecified atom stereocenters. The largest absolute Gasteiger partial charge is 0.496 e. The molecule has 3 rings (SSSR count). The maximum absolute atomic E-state index is 12.5. The fraction of sp³-hybridized carbons (Fsp3) is 0.158. The van der Waals surface area contributed by atoms with Gasteiger partial charge in [0, 0.05) is 12.3 Å². The second kappa shape index (κ2) is 6.88. The Bertz CT molecular complexity index is 1220. The van der Waals surface area contributed by atoms with Gasteiger partial charge in [0.15, 0.2) is 9.84 Å². The van der Waals surface area contributed by atoms with E-state index in [1.54, 1.807) is 19.2 Å². The summed E-state index contributed by atoms with van der Waals surface area (Å²) in [6.45, 7) is 1.86. The number of methoxy groups -OCH3 is 1. The van der Waals surface area contributed by atoms with Gasteiger partial charge in [0.05, 0.1) is 23.4 Å². The van der Waals surface area contributed by atoms with Crippen LogP contribution in [-0.2, 0) is 9.84 Å². The van der Waals surface area contributed by atoms with E-state index in [0.717, 1.165) is 11.8 Å². The zero-order valence-electron chi connectivity index (χ0n) is 15.0.